The van der Waals surface area contributed by atoms with Crippen LogP contribution in [0.5, 0.6) is 0 Å². The molecule has 2 heterocycles. The number of carbonyl (C=O) groups is 1. The van der Waals surface area contributed by atoms with Crippen LogP contribution in [-0.2, 0) is 4.74 Å². The first-order valence-electron chi connectivity index (χ1n) is 8.48. The number of hydrogen-bond donors (Lipinski definition) is 2. The number of unbranched alkanes of at least 4 members (excludes halogenated alkanes) is 1. The topological polar surface area (TPSA) is 79.4 Å². The second-order valence-corrected chi connectivity index (χ2v) is 5.65. The highest BCUT2D eigenvalue weighted by atomic mass is 16.6. The summed E-state index contributed by atoms with van der Waals surface area (Å²) in [6.07, 6.45) is 5.58. The van der Waals surface area contributed by atoms with Crippen molar-refractivity contribution in [3.05, 3.63) is 12.3 Å². The Balaban J connectivity index is 1.79. The van der Waals surface area contributed by atoms with Gasteiger partial charge in [0.2, 0.25) is 5.95 Å². The highest BCUT2D eigenvalue weighted by Gasteiger charge is 2.23. The predicted molar refractivity (Wildman–Crippen MR) is 90.7 cm³/mol. The van der Waals surface area contributed by atoms with Crippen LogP contribution in [-0.4, -0.2) is 53.2 Å². The lowest BCUT2D eigenvalue weighted by Gasteiger charge is -2.31. The van der Waals surface area contributed by atoms with Gasteiger partial charge in [-0.25, -0.2) is 9.78 Å². The van der Waals surface area contributed by atoms with Crippen molar-refractivity contribution in [2.24, 2.45) is 0 Å². The molecule has 7 heteroatoms. The van der Waals surface area contributed by atoms with Crippen molar-refractivity contribution < 1.29 is 9.53 Å². The fourth-order valence-corrected chi connectivity index (χ4v) is 2.53. The first-order chi connectivity index (χ1) is 11.2. The molecule has 1 aliphatic heterocycles. The molecule has 7 nitrogen and oxygen atoms in total. The molecule has 2 rings (SSSR count). The number of nitrogens with one attached hydrogen (secondary N) is 2. The van der Waals surface area contributed by atoms with Crippen LogP contribution < -0.4 is 10.6 Å². The van der Waals surface area contributed by atoms with Gasteiger partial charge in [-0.2, -0.15) is 4.98 Å². The molecule has 128 valence electrons. The third-order valence-corrected chi connectivity index (χ3v) is 3.84. The van der Waals surface area contributed by atoms with Crippen LogP contribution >= 0.6 is 0 Å². The number of piperidine rings is 1. The zero-order valence-corrected chi connectivity index (χ0v) is 14.0. The Bertz CT molecular complexity index is 489. The summed E-state index contributed by atoms with van der Waals surface area (Å²) in [4.78, 5) is 22.2. The zero-order chi connectivity index (χ0) is 16.5. The number of carbonyl (C=O) groups excluding carboxylic acids is 1. The second kappa shape index (κ2) is 9.17. The Labute approximate surface area is 137 Å². The summed E-state index contributed by atoms with van der Waals surface area (Å²) in [7, 11) is 0. The molecule has 1 aromatic heterocycles. The standard InChI is InChI=1S/C16H27N5O2/c1-3-5-9-17-15-18-10-6-14(20-15)19-13-7-11-21(12-8-13)16(22)23-4-2/h6,10,13H,3-5,7-9,11-12H2,1-2H3,(H2,17,18,19,20). The van der Waals surface area contributed by atoms with Gasteiger partial charge < -0.3 is 20.3 Å². The molecule has 0 saturated carbocycles. The molecule has 0 bridgehead atoms. The van der Waals surface area contributed by atoms with E-state index in [1.165, 1.54) is 0 Å². The van der Waals surface area contributed by atoms with Crippen molar-refractivity contribution in [3.63, 3.8) is 0 Å². The summed E-state index contributed by atoms with van der Waals surface area (Å²) < 4.78 is 5.04. The van der Waals surface area contributed by atoms with Crippen molar-refractivity contribution in [1.29, 1.82) is 0 Å². The van der Waals surface area contributed by atoms with E-state index in [0.717, 1.165) is 38.0 Å². The van der Waals surface area contributed by atoms with E-state index in [4.69, 9.17) is 4.74 Å². The quantitative estimate of drug-likeness (QED) is 0.752. The van der Waals surface area contributed by atoms with Crippen LogP contribution in [0.3, 0.4) is 0 Å². The van der Waals surface area contributed by atoms with Crippen LogP contribution in [0.25, 0.3) is 0 Å². The normalized spacial score (nSPS) is 15.3. The zero-order valence-electron chi connectivity index (χ0n) is 14.0. The molecule has 0 radical (unpaired) electrons. The highest BCUT2D eigenvalue weighted by molar-refractivity contribution is 5.67. The summed E-state index contributed by atoms with van der Waals surface area (Å²) in [5.74, 6) is 1.49. The van der Waals surface area contributed by atoms with E-state index in [9.17, 15) is 4.79 Å². The molecule has 1 saturated heterocycles. The van der Waals surface area contributed by atoms with E-state index in [1.807, 2.05) is 13.0 Å². The van der Waals surface area contributed by atoms with Gasteiger partial charge in [0.1, 0.15) is 5.82 Å². The van der Waals surface area contributed by atoms with Crippen molar-refractivity contribution in [2.75, 3.05) is 36.9 Å². The number of amides is 1. The Morgan fingerprint density at radius 1 is 1.39 bits per heavy atom. The third-order valence-electron chi connectivity index (χ3n) is 3.84. The number of aromatic nitrogens is 2. The second-order valence-electron chi connectivity index (χ2n) is 5.65. The van der Waals surface area contributed by atoms with Gasteiger partial charge >= 0.3 is 6.09 Å². The van der Waals surface area contributed by atoms with Gasteiger partial charge in [-0.1, -0.05) is 13.3 Å². The van der Waals surface area contributed by atoms with E-state index in [-0.39, 0.29) is 6.09 Å². The molecule has 1 fully saturated rings. The minimum absolute atomic E-state index is 0.213. The first-order valence-corrected chi connectivity index (χ1v) is 8.48. The average molecular weight is 321 g/mol. The largest absolute Gasteiger partial charge is 0.450 e. The number of rotatable bonds is 7. The average Bonchev–Trinajstić information content (AvgIpc) is 2.56. The molecule has 2 N–H and O–H groups in total. The van der Waals surface area contributed by atoms with Crippen LogP contribution in [0, 0.1) is 0 Å². The summed E-state index contributed by atoms with van der Waals surface area (Å²) in [6.45, 7) is 6.71. The Hall–Kier alpha value is -2.05. The minimum atomic E-state index is -0.213. The molecule has 1 amide bonds. The SMILES string of the molecule is CCCCNc1nccc(NC2CCN(C(=O)OCC)CC2)n1. The number of nitrogens with zero attached hydrogens (tertiary/aromatic N) is 3. The Kier molecular flexibility index (Phi) is 6.90. The maximum atomic E-state index is 11.7. The van der Waals surface area contributed by atoms with Gasteiger partial charge in [0, 0.05) is 31.9 Å². The summed E-state index contributed by atoms with van der Waals surface area (Å²) in [5, 5.41) is 6.66. The smallest absolute Gasteiger partial charge is 0.409 e. The molecule has 1 aromatic rings. The van der Waals surface area contributed by atoms with Crippen molar-refractivity contribution in [3.8, 4) is 0 Å². The number of likely N-dealkylation sites (tertiary alicyclic amines) is 1. The van der Waals surface area contributed by atoms with Gasteiger partial charge in [0.25, 0.3) is 0 Å². The van der Waals surface area contributed by atoms with Gasteiger partial charge in [0.15, 0.2) is 0 Å². The minimum Gasteiger partial charge on any atom is -0.450 e. The summed E-state index contributed by atoms with van der Waals surface area (Å²) in [6, 6.07) is 2.20. The van der Waals surface area contributed by atoms with E-state index >= 15 is 0 Å². The number of ether oxygens (including phenoxy) is 1. The van der Waals surface area contributed by atoms with E-state index in [0.29, 0.717) is 31.7 Å². The highest BCUT2D eigenvalue weighted by Crippen LogP contribution is 2.16. The van der Waals surface area contributed by atoms with Crippen molar-refractivity contribution in [2.45, 2.75) is 45.6 Å². The van der Waals surface area contributed by atoms with Gasteiger partial charge in [-0.15, -0.1) is 0 Å². The molecule has 0 aliphatic carbocycles. The van der Waals surface area contributed by atoms with Gasteiger partial charge in [-0.3, -0.25) is 0 Å². The lowest BCUT2D eigenvalue weighted by Crippen LogP contribution is -2.42. The maximum absolute atomic E-state index is 11.7. The molecular weight excluding hydrogens is 294 g/mol. The predicted octanol–water partition coefficient (Wildman–Crippen LogP) is 2.72. The molecular formula is C16H27N5O2. The van der Waals surface area contributed by atoms with Crippen LogP contribution in [0.1, 0.15) is 39.5 Å². The molecule has 23 heavy (non-hydrogen) atoms. The van der Waals surface area contributed by atoms with Gasteiger partial charge in [-0.05, 0) is 32.3 Å². The van der Waals surface area contributed by atoms with Gasteiger partial charge in [0.05, 0.1) is 6.61 Å². The van der Waals surface area contributed by atoms with Crippen LogP contribution in [0.4, 0.5) is 16.6 Å². The lowest BCUT2D eigenvalue weighted by molar-refractivity contribution is 0.0983. The molecule has 0 spiro atoms. The lowest BCUT2D eigenvalue weighted by atomic mass is 10.1. The summed E-state index contributed by atoms with van der Waals surface area (Å²) >= 11 is 0. The third kappa shape index (κ3) is 5.58. The van der Waals surface area contributed by atoms with E-state index in [2.05, 4.69) is 27.5 Å². The summed E-state index contributed by atoms with van der Waals surface area (Å²) in [5.41, 5.74) is 0. The van der Waals surface area contributed by atoms with E-state index < -0.39 is 0 Å². The monoisotopic (exact) mass is 321 g/mol. The van der Waals surface area contributed by atoms with E-state index in [1.54, 1.807) is 11.1 Å². The maximum Gasteiger partial charge on any atom is 0.409 e. The molecule has 0 atom stereocenters. The van der Waals surface area contributed by atoms with Crippen molar-refractivity contribution in [1.82, 2.24) is 14.9 Å². The van der Waals surface area contributed by atoms with Crippen LogP contribution in [0.2, 0.25) is 0 Å². The molecule has 0 unspecified atom stereocenters. The number of hydrogen-bond acceptors (Lipinski definition) is 6. The Morgan fingerprint density at radius 3 is 2.87 bits per heavy atom. The fraction of sp³-hybridized carbons (Fsp3) is 0.688. The Morgan fingerprint density at radius 2 is 2.17 bits per heavy atom. The first kappa shape index (κ1) is 17.3. The van der Waals surface area contributed by atoms with Crippen molar-refractivity contribution >= 4 is 17.9 Å². The molecule has 0 aromatic carbocycles. The molecule has 1 aliphatic rings. The van der Waals surface area contributed by atoms with Crippen LogP contribution in [0.15, 0.2) is 12.3 Å². The fourth-order valence-electron chi connectivity index (χ4n) is 2.53. The number of anilines is 2.